The zero-order valence-electron chi connectivity index (χ0n) is 12.7. The highest BCUT2D eigenvalue weighted by Crippen LogP contribution is 2.10. The molecule has 3 rings (SSSR count). The first-order chi connectivity index (χ1) is 11.2. The number of halogens is 1. The van der Waals surface area contributed by atoms with Gasteiger partial charge in [-0.05, 0) is 36.2 Å². The van der Waals surface area contributed by atoms with Crippen molar-refractivity contribution in [3.8, 4) is 0 Å². The summed E-state index contributed by atoms with van der Waals surface area (Å²) in [5.41, 5.74) is 1.43. The van der Waals surface area contributed by atoms with Crippen LogP contribution in [0.15, 0.2) is 58.4 Å². The summed E-state index contributed by atoms with van der Waals surface area (Å²) >= 11 is 5.88. The van der Waals surface area contributed by atoms with Crippen molar-refractivity contribution in [1.29, 1.82) is 0 Å². The van der Waals surface area contributed by atoms with Crippen LogP contribution in [-0.2, 0) is 6.42 Å². The molecule has 0 unspecified atom stereocenters. The summed E-state index contributed by atoms with van der Waals surface area (Å²) in [5, 5.41) is 5.58. The molecule has 23 heavy (non-hydrogen) atoms. The van der Waals surface area contributed by atoms with E-state index in [1.807, 2.05) is 30.3 Å². The summed E-state index contributed by atoms with van der Waals surface area (Å²) in [6.45, 7) is 2.05. The fourth-order valence-corrected chi connectivity index (χ4v) is 2.47. The third-order valence-corrected chi connectivity index (χ3v) is 3.74. The van der Waals surface area contributed by atoms with Crippen LogP contribution < -0.4 is 5.56 Å². The smallest absolute Gasteiger partial charge is 0.267 e. The van der Waals surface area contributed by atoms with Crippen LogP contribution >= 0.6 is 11.6 Å². The highest BCUT2D eigenvalue weighted by atomic mass is 35.5. The SMILES string of the molecule is CCCc1nc2ccccc2c(=O)n1/N=C\c1ccc(Cl)cc1. The minimum absolute atomic E-state index is 0.149. The summed E-state index contributed by atoms with van der Waals surface area (Å²) in [5.74, 6) is 0.668. The maximum Gasteiger partial charge on any atom is 0.282 e. The number of rotatable bonds is 4. The van der Waals surface area contributed by atoms with E-state index in [9.17, 15) is 4.79 Å². The van der Waals surface area contributed by atoms with E-state index in [-0.39, 0.29) is 5.56 Å². The molecule has 1 heterocycles. The fourth-order valence-electron chi connectivity index (χ4n) is 2.35. The first-order valence-electron chi connectivity index (χ1n) is 7.49. The minimum Gasteiger partial charge on any atom is -0.267 e. The van der Waals surface area contributed by atoms with Gasteiger partial charge >= 0.3 is 0 Å². The van der Waals surface area contributed by atoms with Crippen LogP contribution in [0.25, 0.3) is 10.9 Å². The maximum absolute atomic E-state index is 12.7. The van der Waals surface area contributed by atoms with E-state index in [1.54, 1.807) is 24.4 Å². The van der Waals surface area contributed by atoms with Crippen molar-refractivity contribution in [3.05, 3.63) is 75.3 Å². The standard InChI is InChI=1S/C18H16ClN3O/c1-2-5-17-21-16-7-4-3-6-15(16)18(23)22(17)20-12-13-8-10-14(19)11-9-13/h3-4,6-12H,2,5H2,1H3/b20-12-. The summed E-state index contributed by atoms with van der Waals surface area (Å²) < 4.78 is 1.39. The predicted octanol–water partition coefficient (Wildman–Crippen LogP) is 3.88. The topological polar surface area (TPSA) is 47.2 Å². The van der Waals surface area contributed by atoms with Crippen molar-refractivity contribution in [1.82, 2.24) is 9.66 Å². The third-order valence-electron chi connectivity index (χ3n) is 3.49. The second-order valence-electron chi connectivity index (χ2n) is 5.21. The Labute approximate surface area is 139 Å². The van der Waals surface area contributed by atoms with E-state index < -0.39 is 0 Å². The average molecular weight is 326 g/mol. The molecular formula is C18H16ClN3O. The Morgan fingerprint density at radius 3 is 2.65 bits per heavy atom. The number of nitrogens with zero attached hydrogens (tertiary/aromatic N) is 3. The van der Waals surface area contributed by atoms with Crippen LogP contribution in [0, 0.1) is 0 Å². The quantitative estimate of drug-likeness (QED) is 0.683. The van der Waals surface area contributed by atoms with Gasteiger partial charge in [-0.15, -0.1) is 0 Å². The lowest BCUT2D eigenvalue weighted by molar-refractivity contribution is 0.704. The van der Waals surface area contributed by atoms with Gasteiger partial charge in [-0.3, -0.25) is 4.79 Å². The molecule has 0 saturated carbocycles. The summed E-state index contributed by atoms with van der Waals surface area (Å²) in [6.07, 6.45) is 3.23. The van der Waals surface area contributed by atoms with Crippen LogP contribution in [0.1, 0.15) is 24.7 Å². The zero-order chi connectivity index (χ0) is 16.2. The molecule has 1 aromatic heterocycles. The molecule has 0 aliphatic heterocycles. The largest absolute Gasteiger partial charge is 0.282 e. The fraction of sp³-hybridized carbons (Fsp3) is 0.167. The maximum atomic E-state index is 12.7. The Morgan fingerprint density at radius 1 is 1.17 bits per heavy atom. The first kappa shape index (κ1) is 15.4. The zero-order valence-corrected chi connectivity index (χ0v) is 13.5. The molecule has 0 atom stereocenters. The Kier molecular flexibility index (Phi) is 4.53. The lowest BCUT2D eigenvalue weighted by Crippen LogP contribution is -2.22. The molecule has 0 saturated heterocycles. The van der Waals surface area contributed by atoms with Crippen LogP contribution in [0.5, 0.6) is 0 Å². The number of benzene rings is 2. The molecule has 0 spiro atoms. The van der Waals surface area contributed by atoms with Crippen molar-refractivity contribution in [2.75, 3.05) is 0 Å². The number of hydrogen-bond donors (Lipinski definition) is 0. The van der Waals surface area contributed by atoms with Gasteiger partial charge in [0.2, 0.25) is 0 Å². The normalized spacial score (nSPS) is 11.4. The number of aromatic nitrogens is 2. The summed E-state index contributed by atoms with van der Waals surface area (Å²) in [4.78, 5) is 17.3. The number of para-hydroxylation sites is 1. The molecule has 0 N–H and O–H groups in total. The molecule has 5 heteroatoms. The van der Waals surface area contributed by atoms with E-state index in [0.717, 1.165) is 12.0 Å². The Balaban J connectivity index is 2.11. The lowest BCUT2D eigenvalue weighted by atomic mass is 10.2. The second kappa shape index (κ2) is 6.75. The molecule has 116 valence electrons. The van der Waals surface area contributed by atoms with E-state index in [4.69, 9.17) is 11.6 Å². The molecule has 4 nitrogen and oxygen atoms in total. The molecule has 0 aliphatic carbocycles. The van der Waals surface area contributed by atoms with Crippen molar-refractivity contribution >= 4 is 28.7 Å². The van der Waals surface area contributed by atoms with E-state index >= 15 is 0 Å². The number of hydrogen-bond acceptors (Lipinski definition) is 3. The van der Waals surface area contributed by atoms with Crippen LogP contribution in [0.3, 0.4) is 0 Å². The van der Waals surface area contributed by atoms with Gasteiger partial charge in [-0.25, -0.2) is 4.98 Å². The van der Waals surface area contributed by atoms with E-state index in [1.165, 1.54) is 4.68 Å². The number of fused-ring (bicyclic) bond motifs is 1. The van der Waals surface area contributed by atoms with Gasteiger partial charge in [0.1, 0.15) is 5.82 Å². The van der Waals surface area contributed by atoms with Crippen molar-refractivity contribution < 1.29 is 0 Å². The third kappa shape index (κ3) is 3.32. The lowest BCUT2D eigenvalue weighted by Gasteiger charge is -2.08. The monoisotopic (exact) mass is 325 g/mol. The minimum atomic E-state index is -0.149. The van der Waals surface area contributed by atoms with Gasteiger partial charge in [0, 0.05) is 11.4 Å². The Hall–Kier alpha value is -2.46. The Bertz CT molecular complexity index is 914. The van der Waals surface area contributed by atoms with Crippen molar-refractivity contribution in [2.45, 2.75) is 19.8 Å². The van der Waals surface area contributed by atoms with E-state index in [0.29, 0.717) is 28.2 Å². The Morgan fingerprint density at radius 2 is 1.91 bits per heavy atom. The number of aryl methyl sites for hydroxylation is 1. The van der Waals surface area contributed by atoms with E-state index in [2.05, 4.69) is 17.0 Å². The van der Waals surface area contributed by atoms with Crippen LogP contribution in [-0.4, -0.2) is 15.9 Å². The molecule has 0 amide bonds. The predicted molar refractivity (Wildman–Crippen MR) is 94.4 cm³/mol. The van der Waals surface area contributed by atoms with Gasteiger partial charge in [0.05, 0.1) is 17.1 Å². The molecular weight excluding hydrogens is 310 g/mol. The first-order valence-corrected chi connectivity index (χ1v) is 7.87. The van der Waals surface area contributed by atoms with Gasteiger partial charge in [0.15, 0.2) is 0 Å². The molecule has 3 aromatic rings. The summed E-state index contributed by atoms with van der Waals surface area (Å²) in [7, 11) is 0. The van der Waals surface area contributed by atoms with Crippen molar-refractivity contribution in [3.63, 3.8) is 0 Å². The van der Waals surface area contributed by atoms with Crippen LogP contribution in [0.4, 0.5) is 0 Å². The van der Waals surface area contributed by atoms with Gasteiger partial charge in [-0.2, -0.15) is 9.78 Å². The second-order valence-corrected chi connectivity index (χ2v) is 5.64. The molecule has 0 aliphatic rings. The summed E-state index contributed by atoms with van der Waals surface area (Å²) in [6, 6.07) is 14.6. The molecule has 2 aromatic carbocycles. The molecule has 0 fully saturated rings. The van der Waals surface area contributed by atoms with Gasteiger partial charge in [-0.1, -0.05) is 42.8 Å². The molecule has 0 radical (unpaired) electrons. The van der Waals surface area contributed by atoms with Crippen LogP contribution in [0.2, 0.25) is 5.02 Å². The highest BCUT2D eigenvalue weighted by molar-refractivity contribution is 6.30. The highest BCUT2D eigenvalue weighted by Gasteiger charge is 2.09. The van der Waals surface area contributed by atoms with Gasteiger partial charge < -0.3 is 0 Å². The van der Waals surface area contributed by atoms with Crippen molar-refractivity contribution in [2.24, 2.45) is 5.10 Å². The average Bonchev–Trinajstić information content (AvgIpc) is 2.56. The molecule has 0 bridgehead atoms. The van der Waals surface area contributed by atoms with Gasteiger partial charge in [0.25, 0.3) is 5.56 Å².